The molecule has 0 saturated carbocycles. The summed E-state index contributed by atoms with van der Waals surface area (Å²) in [7, 11) is 1.85. The third kappa shape index (κ3) is 2.95. The summed E-state index contributed by atoms with van der Waals surface area (Å²) < 4.78 is 1.64. The number of anilines is 1. The summed E-state index contributed by atoms with van der Waals surface area (Å²) in [6.07, 6.45) is 2.16. The van der Waals surface area contributed by atoms with Crippen LogP contribution in [0.25, 0.3) is 16.9 Å². The molecule has 26 heavy (non-hydrogen) atoms. The van der Waals surface area contributed by atoms with Crippen molar-refractivity contribution in [3.05, 3.63) is 94.5 Å². The quantitative estimate of drug-likeness (QED) is 0.617. The summed E-state index contributed by atoms with van der Waals surface area (Å²) in [5, 5.41) is 3.11. The molecule has 5 nitrogen and oxygen atoms in total. The van der Waals surface area contributed by atoms with Crippen molar-refractivity contribution < 1.29 is 0 Å². The molecule has 2 heterocycles. The number of nitrogens with zero attached hydrogens (tertiary/aromatic N) is 3. The highest BCUT2D eigenvalue weighted by Gasteiger charge is 2.14. The Morgan fingerprint density at radius 2 is 1.85 bits per heavy atom. The summed E-state index contributed by atoms with van der Waals surface area (Å²) in [6.45, 7) is 0. The predicted octanol–water partition coefficient (Wildman–Crippen LogP) is 3.41. The fourth-order valence-corrected chi connectivity index (χ4v) is 3.01. The van der Waals surface area contributed by atoms with Crippen molar-refractivity contribution in [2.75, 3.05) is 12.4 Å². The summed E-state index contributed by atoms with van der Waals surface area (Å²) in [6, 6.07) is 21.3. The van der Waals surface area contributed by atoms with Crippen molar-refractivity contribution in [2.24, 2.45) is 0 Å². The highest BCUT2D eigenvalue weighted by Crippen LogP contribution is 2.18. The van der Waals surface area contributed by atoms with Gasteiger partial charge in [0.2, 0.25) is 0 Å². The molecule has 128 valence electrons. The molecule has 0 spiro atoms. The first-order chi connectivity index (χ1) is 12.8. The molecule has 1 N–H and O–H groups in total. The number of hydrogen-bond acceptors (Lipinski definition) is 4. The normalized spacial score (nSPS) is 10.8. The first kappa shape index (κ1) is 16.0. The van der Waals surface area contributed by atoms with Crippen LogP contribution in [-0.2, 0) is 6.42 Å². The zero-order chi connectivity index (χ0) is 17.9. The molecule has 2 aromatic heterocycles. The van der Waals surface area contributed by atoms with Crippen LogP contribution in [-0.4, -0.2) is 21.6 Å². The van der Waals surface area contributed by atoms with Gasteiger partial charge in [0.1, 0.15) is 11.2 Å². The minimum Gasteiger partial charge on any atom is -0.388 e. The standard InChI is InChI=1S/C21H18N4O/c1-22-16-9-5-10-17(14-16)25-20-18(11-6-12-23-20)24-19(21(25)26)13-15-7-3-2-4-8-15/h2-12,14,22H,13H2,1H3. The summed E-state index contributed by atoms with van der Waals surface area (Å²) in [5.74, 6) is 0. The van der Waals surface area contributed by atoms with Crippen LogP contribution in [0.15, 0.2) is 77.7 Å². The van der Waals surface area contributed by atoms with Crippen molar-refractivity contribution in [2.45, 2.75) is 6.42 Å². The molecule has 0 bridgehead atoms. The molecular formula is C21H18N4O. The number of rotatable bonds is 4. The van der Waals surface area contributed by atoms with E-state index in [1.807, 2.05) is 73.8 Å². The van der Waals surface area contributed by atoms with Gasteiger partial charge in [0.25, 0.3) is 5.56 Å². The number of nitrogens with one attached hydrogen (secondary N) is 1. The molecule has 4 aromatic rings. The number of fused-ring (bicyclic) bond motifs is 1. The Hall–Kier alpha value is -3.47. The summed E-state index contributed by atoms with van der Waals surface area (Å²) >= 11 is 0. The van der Waals surface area contributed by atoms with E-state index in [-0.39, 0.29) is 5.56 Å². The fraction of sp³-hybridized carbons (Fsp3) is 0.0952. The van der Waals surface area contributed by atoms with Crippen molar-refractivity contribution in [1.29, 1.82) is 0 Å². The van der Waals surface area contributed by atoms with E-state index in [0.717, 1.165) is 16.9 Å². The molecule has 0 aliphatic rings. The van der Waals surface area contributed by atoms with Crippen LogP contribution in [0.2, 0.25) is 0 Å². The minimum absolute atomic E-state index is 0.145. The van der Waals surface area contributed by atoms with Crippen LogP contribution in [0.3, 0.4) is 0 Å². The third-order valence-corrected chi connectivity index (χ3v) is 4.29. The van der Waals surface area contributed by atoms with Gasteiger partial charge in [0.05, 0.1) is 5.69 Å². The van der Waals surface area contributed by atoms with E-state index >= 15 is 0 Å². The Bertz CT molecular complexity index is 1120. The van der Waals surface area contributed by atoms with Crippen LogP contribution in [0.4, 0.5) is 5.69 Å². The van der Waals surface area contributed by atoms with Gasteiger partial charge in [0, 0.05) is 25.4 Å². The lowest BCUT2D eigenvalue weighted by molar-refractivity contribution is 0.927. The maximum Gasteiger partial charge on any atom is 0.278 e. The fourth-order valence-electron chi connectivity index (χ4n) is 3.01. The highest BCUT2D eigenvalue weighted by molar-refractivity contribution is 5.72. The zero-order valence-electron chi connectivity index (χ0n) is 14.4. The first-order valence-electron chi connectivity index (χ1n) is 8.45. The lowest BCUT2D eigenvalue weighted by Gasteiger charge is -2.12. The van der Waals surface area contributed by atoms with Crippen molar-refractivity contribution in [1.82, 2.24) is 14.5 Å². The molecule has 2 aromatic carbocycles. The predicted molar refractivity (Wildman–Crippen MR) is 104 cm³/mol. The maximum atomic E-state index is 13.2. The second kappa shape index (κ2) is 6.80. The van der Waals surface area contributed by atoms with E-state index in [1.54, 1.807) is 10.8 Å². The van der Waals surface area contributed by atoms with Crippen molar-refractivity contribution in [3.8, 4) is 5.69 Å². The second-order valence-corrected chi connectivity index (χ2v) is 6.01. The van der Waals surface area contributed by atoms with Gasteiger partial charge in [-0.1, -0.05) is 36.4 Å². The molecule has 0 saturated heterocycles. The minimum atomic E-state index is -0.145. The van der Waals surface area contributed by atoms with Crippen LogP contribution < -0.4 is 10.9 Å². The monoisotopic (exact) mass is 342 g/mol. The van der Waals surface area contributed by atoms with E-state index in [0.29, 0.717) is 23.3 Å². The van der Waals surface area contributed by atoms with E-state index in [1.165, 1.54) is 0 Å². The van der Waals surface area contributed by atoms with Crippen LogP contribution in [0.1, 0.15) is 11.3 Å². The van der Waals surface area contributed by atoms with Crippen LogP contribution in [0.5, 0.6) is 0 Å². The van der Waals surface area contributed by atoms with E-state index in [9.17, 15) is 4.79 Å². The largest absolute Gasteiger partial charge is 0.388 e. The van der Waals surface area contributed by atoms with Crippen molar-refractivity contribution >= 4 is 16.9 Å². The van der Waals surface area contributed by atoms with E-state index in [2.05, 4.69) is 15.3 Å². The maximum absolute atomic E-state index is 13.2. The molecule has 0 radical (unpaired) electrons. The average Bonchev–Trinajstić information content (AvgIpc) is 2.69. The van der Waals surface area contributed by atoms with Gasteiger partial charge in [-0.2, -0.15) is 0 Å². The van der Waals surface area contributed by atoms with Gasteiger partial charge < -0.3 is 5.32 Å². The molecule has 0 amide bonds. The van der Waals surface area contributed by atoms with Gasteiger partial charge in [-0.3, -0.25) is 9.36 Å². The third-order valence-electron chi connectivity index (χ3n) is 4.29. The lowest BCUT2D eigenvalue weighted by atomic mass is 10.1. The van der Waals surface area contributed by atoms with Crippen LogP contribution >= 0.6 is 0 Å². The zero-order valence-corrected chi connectivity index (χ0v) is 14.4. The Kier molecular flexibility index (Phi) is 4.19. The Labute approximate surface area is 151 Å². The smallest absolute Gasteiger partial charge is 0.278 e. The molecule has 0 unspecified atom stereocenters. The Balaban J connectivity index is 1.95. The second-order valence-electron chi connectivity index (χ2n) is 6.01. The molecule has 5 heteroatoms. The molecular weight excluding hydrogens is 324 g/mol. The van der Waals surface area contributed by atoms with Gasteiger partial charge in [-0.25, -0.2) is 9.97 Å². The molecule has 0 aliphatic heterocycles. The number of aromatic nitrogens is 3. The Morgan fingerprint density at radius 3 is 2.65 bits per heavy atom. The lowest BCUT2D eigenvalue weighted by Crippen LogP contribution is -2.25. The number of hydrogen-bond donors (Lipinski definition) is 1. The number of benzene rings is 2. The number of pyridine rings is 1. The first-order valence-corrected chi connectivity index (χ1v) is 8.45. The molecule has 0 fully saturated rings. The van der Waals surface area contributed by atoms with Gasteiger partial charge >= 0.3 is 0 Å². The summed E-state index contributed by atoms with van der Waals surface area (Å²) in [5.41, 5.74) is 4.37. The van der Waals surface area contributed by atoms with E-state index < -0.39 is 0 Å². The highest BCUT2D eigenvalue weighted by atomic mass is 16.1. The molecule has 4 rings (SSSR count). The Morgan fingerprint density at radius 1 is 1.00 bits per heavy atom. The molecule has 0 aliphatic carbocycles. The van der Waals surface area contributed by atoms with Gasteiger partial charge in [0.15, 0.2) is 5.65 Å². The molecule has 0 atom stereocenters. The average molecular weight is 342 g/mol. The van der Waals surface area contributed by atoms with E-state index in [4.69, 9.17) is 0 Å². The van der Waals surface area contributed by atoms with Crippen molar-refractivity contribution in [3.63, 3.8) is 0 Å². The topological polar surface area (TPSA) is 59.8 Å². The van der Waals surface area contributed by atoms with Gasteiger partial charge in [-0.15, -0.1) is 0 Å². The SMILES string of the molecule is CNc1cccc(-n2c(=O)c(Cc3ccccc3)nc3cccnc32)c1. The summed E-state index contributed by atoms with van der Waals surface area (Å²) in [4.78, 5) is 22.2. The van der Waals surface area contributed by atoms with Gasteiger partial charge in [-0.05, 0) is 35.9 Å². The van der Waals surface area contributed by atoms with Crippen LogP contribution in [0, 0.1) is 0 Å².